The van der Waals surface area contributed by atoms with E-state index in [2.05, 4.69) is 0 Å². The number of hydrogen-bond donors (Lipinski definition) is 1. The van der Waals surface area contributed by atoms with Gasteiger partial charge in [0.15, 0.2) is 0 Å². The van der Waals surface area contributed by atoms with Gasteiger partial charge in [0, 0.05) is 21.7 Å². The van der Waals surface area contributed by atoms with Crippen molar-refractivity contribution in [2.45, 2.75) is 13.3 Å². The SMILES string of the molecule is COc1ccc2c(c1Cl)c(CC(N)=O)c(C)n2C(=O)c1ccc(Cl)cc1. The third kappa shape index (κ3) is 3.04. The third-order valence-corrected chi connectivity index (χ3v) is 4.89. The third-order valence-electron chi connectivity index (χ3n) is 4.26. The van der Waals surface area contributed by atoms with Crippen LogP contribution in [0.2, 0.25) is 10.0 Å². The van der Waals surface area contributed by atoms with Crippen LogP contribution in [0.4, 0.5) is 0 Å². The first-order valence-electron chi connectivity index (χ1n) is 7.80. The highest BCUT2D eigenvalue weighted by Crippen LogP contribution is 2.38. The number of methoxy groups -OCH3 is 1. The summed E-state index contributed by atoms with van der Waals surface area (Å²) in [6.45, 7) is 1.76. The number of halogens is 2. The molecule has 1 heterocycles. The number of fused-ring (bicyclic) bond motifs is 1. The highest BCUT2D eigenvalue weighted by Gasteiger charge is 2.24. The molecule has 1 aromatic heterocycles. The molecule has 26 heavy (non-hydrogen) atoms. The van der Waals surface area contributed by atoms with Gasteiger partial charge in [-0.25, -0.2) is 0 Å². The standard InChI is InChI=1S/C19H16Cl2N2O3/c1-10-13(9-16(22)24)17-14(7-8-15(26-2)18(17)21)23(10)19(25)11-3-5-12(20)6-4-11/h3-8H,9H2,1-2H3,(H2,22,24). The molecule has 0 radical (unpaired) electrons. The van der Waals surface area contributed by atoms with Gasteiger partial charge in [-0.2, -0.15) is 0 Å². The molecule has 0 aliphatic heterocycles. The Balaban J connectivity index is 2.30. The van der Waals surface area contributed by atoms with E-state index >= 15 is 0 Å². The molecule has 1 amide bonds. The first-order valence-corrected chi connectivity index (χ1v) is 8.55. The molecule has 2 N–H and O–H groups in total. The van der Waals surface area contributed by atoms with E-state index in [1.165, 1.54) is 11.7 Å². The second-order valence-electron chi connectivity index (χ2n) is 5.83. The number of carbonyl (C=O) groups is 2. The molecule has 0 aliphatic rings. The number of amides is 1. The summed E-state index contributed by atoms with van der Waals surface area (Å²) >= 11 is 12.4. The second kappa shape index (κ2) is 7.02. The van der Waals surface area contributed by atoms with Crippen molar-refractivity contribution in [3.63, 3.8) is 0 Å². The van der Waals surface area contributed by atoms with Crippen molar-refractivity contribution in [2.75, 3.05) is 7.11 Å². The molecule has 3 rings (SSSR count). The van der Waals surface area contributed by atoms with Crippen molar-refractivity contribution in [1.82, 2.24) is 4.57 Å². The average Bonchev–Trinajstić information content (AvgIpc) is 2.87. The molecule has 0 saturated carbocycles. The average molecular weight is 391 g/mol. The second-order valence-corrected chi connectivity index (χ2v) is 6.64. The summed E-state index contributed by atoms with van der Waals surface area (Å²) in [5, 5.41) is 1.47. The molecule has 3 aromatic rings. The van der Waals surface area contributed by atoms with Gasteiger partial charge in [0.2, 0.25) is 5.91 Å². The quantitative estimate of drug-likeness (QED) is 0.731. The van der Waals surface area contributed by atoms with E-state index in [0.29, 0.717) is 43.5 Å². The number of aromatic nitrogens is 1. The van der Waals surface area contributed by atoms with E-state index in [9.17, 15) is 9.59 Å². The molecular weight excluding hydrogens is 375 g/mol. The van der Waals surface area contributed by atoms with E-state index < -0.39 is 5.91 Å². The molecular formula is C19H16Cl2N2O3. The van der Waals surface area contributed by atoms with Crippen LogP contribution in [0.15, 0.2) is 36.4 Å². The first-order chi connectivity index (χ1) is 12.3. The fourth-order valence-electron chi connectivity index (χ4n) is 3.05. The van der Waals surface area contributed by atoms with Gasteiger partial charge in [0.25, 0.3) is 5.91 Å². The lowest BCUT2D eigenvalue weighted by molar-refractivity contribution is -0.117. The van der Waals surface area contributed by atoms with Gasteiger partial charge in [0.05, 0.1) is 24.1 Å². The fraction of sp³-hybridized carbons (Fsp3) is 0.158. The van der Waals surface area contributed by atoms with Crippen molar-refractivity contribution in [2.24, 2.45) is 5.73 Å². The lowest BCUT2D eigenvalue weighted by Crippen LogP contribution is -2.16. The van der Waals surface area contributed by atoms with Crippen LogP contribution in [-0.4, -0.2) is 23.5 Å². The maximum absolute atomic E-state index is 13.1. The minimum absolute atomic E-state index is 0.0316. The van der Waals surface area contributed by atoms with Gasteiger partial charge < -0.3 is 10.5 Å². The van der Waals surface area contributed by atoms with Crippen LogP contribution in [0.25, 0.3) is 10.9 Å². The first kappa shape index (κ1) is 18.3. The fourth-order valence-corrected chi connectivity index (χ4v) is 3.53. The van der Waals surface area contributed by atoms with Crippen LogP contribution in [0.1, 0.15) is 21.6 Å². The van der Waals surface area contributed by atoms with Crippen LogP contribution in [0, 0.1) is 6.92 Å². The Hall–Kier alpha value is -2.50. The van der Waals surface area contributed by atoms with E-state index in [-0.39, 0.29) is 12.3 Å². The Bertz CT molecular complexity index is 1020. The summed E-state index contributed by atoms with van der Waals surface area (Å²) in [5.74, 6) is -0.299. The topological polar surface area (TPSA) is 74.3 Å². The van der Waals surface area contributed by atoms with Crippen LogP contribution in [-0.2, 0) is 11.2 Å². The summed E-state index contributed by atoms with van der Waals surface area (Å²) < 4.78 is 6.79. The summed E-state index contributed by atoms with van der Waals surface area (Å²) in [7, 11) is 1.50. The molecule has 5 nitrogen and oxygen atoms in total. The van der Waals surface area contributed by atoms with Gasteiger partial charge in [-0.1, -0.05) is 23.2 Å². The van der Waals surface area contributed by atoms with E-state index in [1.54, 1.807) is 43.3 Å². The minimum atomic E-state index is -0.509. The molecule has 0 atom stereocenters. The predicted molar refractivity (Wildman–Crippen MR) is 102 cm³/mol. The molecule has 0 aliphatic carbocycles. The van der Waals surface area contributed by atoms with Gasteiger partial charge in [-0.15, -0.1) is 0 Å². The molecule has 0 fully saturated rings. The maximum atomic E-state index is 13.1. The molecule has 2 aromatic carbocycles. The number of rotatable bonds is 4. The summed E-state index contributed by atoms with van der Waals surface area (Å²) in [5.41, 5.74) is 7.66. The predicted octanol–water partition coefficient (Wildman–Crippen LogP) is 3.98. The van der Waals surface area contributed by atoms with Gasteiger partial charge in [-0.3, -0.25) is 14.2 Å². The highest BCUT2D eigenvalue weighted by atomic mass is 35.5. The van der Waals surface area contributed by atoms with Gasteiger partial charge >= 0.3 is 0 Å². The molecule has 0 unspecified atom stereocenters. The minimum Gasteiger partial charge on any atom is -0.495 e. The smallest absolute Gasteiger partial charge is 0.262 e. The molecule has 0 saturated heterocycles. The largest absolute Gasteiger partial charge is 0.495 e. The zero-order valence-electron chi connectivity index (χ0n) is 14.2. The number of primary amides is 1. The zero-order chi connectivity index (χ0) is 19.0. The monoisotopic (exact) mass is 390 g/mol. The Morgan fingerprint density at radius 1 is 1.12 bits per heavy atom. The molecule has 0 spiro atoms. The normalized spacial score (nSPS) is 10.9. The molecule has 134 valence electrons. The van der Waals surface area contributed by atoms with Gasteiger partial charge in [0.1, 0.15) is 5.75 Å². The van der Waals surface area contributed by atoms with Gasteiger partial charge in [-0.05, 0) is 48.9 Å². The number of carbonyl (C=O) groups excluding carboxylic acids is 2. The Morgan fingerprint density at radius 2 is 1.77 bits per heavy atom. The van der Waals surface area contributed by atoms with Crippen molar-refractivity contribution >= 4 is 45.9 Å². The maximum Gasteiger partial charge on any atom is 0.262 e. The Labute approximate surface area is 160 Å². The van der Waals surface area contributed by atoms with E-state index in [4.69, 9.17) is 33.7 Å². The number of nitrogens with zero attached hydrogens (tertiary/aromatic N) is 1. The van der Waals surface area contributed by atoms with Crippen LogP contribution >= 0.6 is 23.2 Å². The Kier molecular flexibility index (Phi) is 4.94. The lowest BCUT2D eigenvalue weighted by atomic mass is 10.1. The number of nitrogens with two attached hydrogens (primary N) is 1. The zero-order valence-corrected chi connectivity index (χ0v) is 15.7. The summed E-state index contributed by atoms with van der Waals surface area (Å²) in [6.07, 6.45) is -0.0316. The lowest BCUT2D eigenvalue weighted by Gasteiger charge is -2.08. The highest BCUT2D eigenvalue weighted by molar-refractivity contribution is 6.37. The molecule has 7 heteroatoms. The van der Waals surface area contributed by atoms with Crippen molar-refractivity contribution in [3.8, 4) is 5.75 Å². The summed E-state index contributed by atoms with van der Waals surface area (Å²) in [4.78, 5) is 24.6. The number of hydrogen-bond acceptors (Lipinski definition) is 3. The van der Waals surface area contributed by atoms with Crippen molar-refractivity contribution in [3.05, 3.63) is 63.3 Å². The molecule has 0 bridgehead atoms. The van der Waals surface area contributed by atoms with Crippen molar-refractivity contribution < 1.29 is 14.3 Å². The van der Waals surface area contributed by atoms with E-state index in [0.717, 1.165) is 0 Å². The van der Waals surface area contributed by atoms with Crippen molar-refractivity contribution in [1.29, 1.82) is 0 Å². The number of ether oxygens (including phenoxy) is 1. The summed E-state index contributed by atoms with van der Waals surface area (Å²) in [6, 6.07) is 10.0. The number of benzene rings is 2. The van der Waals surface area contributed by atoms with Crippen LogP contribution in [0.3, 0.4) is 0 Å². The van der Waals surface area contributed by atoms with Crippen LogP contribution < -0.4 is 10.5 Å². The Morgan fingerprint density at radius 3 is 2.35 bits per heavy atom. The van der Waals surface area contributed by atoms with E-state index in [1.807, 2.05) is 0 Å². The van der Waals surface area contributed by atoms with Crippen LogP contribution in [0.5, 0.6) is 5.75 Å².